The van der Waals surface area contributed by atoms with E-state index in [9.17, 15) is 0 Å². The molecule has 0 bridgehead atoms. The molecule has 108 valence electrons. The van der Waals surface area contributed by atoms with Crippen LogP contribution in [0.5, 0.6) is 0 Å². The maximum absolute atomic E-state index is 4.89. The van der Waals surface area contributed by atoms with Crippen molar-refractivity contribution < 1.29 is 0 Å². The summed E-state index contributed by atoms with van der Waals surface area (Å²) in [5.74, 6) is 0. The summed E-state index contributed by atoms with van der Waals surface area (Å²) < 4.78 is 0. The molecule has 0 atom stereocenters. The van der Waals surface area contributed by atoms with Gasteiger partial charge < -0.3 is 4.98 Å². The number of rotatable bonds is 1. The van der Waals surface area contributed by atoms with Gasteiger partial charge in [-0.1, -0.05) is 48.5 Å². The van der Waals surface area contributed by atoms with Gasteiger partial charge >= 0.3 is 0 Å². The number of aromatic amines is 1. The van der Waals surface area contributed by atoms with Crippen molar-refractivity contribution in [2.75, 3.05) is 0 Å². The molecule has 5 aromatic rings. The molecule has 2 aromatic heterocycles. The highest BCUT2D eigenvalue weighted by Gasteiger charge is 2.15. The van der Waals surface area contributed by atoms with Crippen LogP contribution in [0, 0.1) is 0 Å². The van der Waals surface area contributed by atoms with E-state index in [1.54, 1.807) is 6.20 Å². The summed E-state index contributed by atoms with van der Waals surface area (Å²) in [6.07, 6.45) is 3.66. The van der Waals surface area contributed by atoms with Gasteiger partial charge in [-0.25, -0.2) is 4.98 Å². The minimum atomic E-state index is 0.968. The lowest BCUT2D eigenvalue weighted by Gasteiger charge is -2.06. The first kappa shape index (κ1) is 12.4. The first-order valence-corrected chi connectivity index (χ1v) is 7.62. The van der Waals surface area contributed by atoms with Gasteiger partial charge in [-0.05, 0) is 17.7 Å². The Labute approximate surface area is 132 Å². The molecule has 0 fully saturated rings. The van der Waals surface area contributed by atoms with Crippen molar-refractivity contribution in [1.29, 1.82) is 0 Å². The summed E-state index contributed by atoms with van der Waals surface area (Å²) >= 11 is 0. The molecule has 0 saturated heterocycles. The molecule has 0 spiro atoms. The van der Waals surface area contributed by atoms with Gasteiger partial charge in [0.1, 0.15) is 0 Å². The van der Waals surface area contributed by atoms with E-state index in [1.807, 2.05) is 18.3 Å². The fourth-order valence-electron chi connectivity index (χ4n) is 3.26. The molecule has 3 heteroatoms. The topological polar surface area (TPSA) is 41.6 Å². The second-order valence-electron chi connectivity index (χ2n) is 5.63. The molecular formula is C20H13N3. The van der Waals surface area contributed by atoms with E-state index in [0.29, 0.717) is 0 Å². The Morgan fingerprint density at radius 2 is 1.65 bits per heavy atom. The lowest BCUT2D eigenvalue weighted by molar-refractivity contribution is 1.30. The molecule has 0 unspecified atom stereocenters. The smallest absolute Gasteiger partial charge is 0.0966 e. The third-order valence-corrected chi connectivity index (χ3v) is 4.28. The van der Waals surface area contributed by atoms with Crippen LogP contribution in [-0.4, -0.2) is 15.0 Å². The molecule has 0 aliphatic carbocycles. The predicted molar refractivity (Wildman–Crippen MR) is 94.3 cm³/mol. The third-order valence-electron chi connectivity index (χ3n) is 4.28. The molecule has 0 saturated carbocycles. The zero-order valence-corrected chi connectivity index (χ0v) is 12.3. The maximum Gasteiger partial charge on any atom is 0.0966 e. The molecule has 0 radical (unpaired) electrons. The number of hydrogen-bond acceptors (Lipinski definition) is 2. The zero-order chi connectivity index (χ0) is 15.2. The Hall–Kier alpha value is -3.20. The highest BCUT2D eigenvalue weighted by atomic mass is 14.8. The molecule has 5 rings (SSSR count). The monoisotopic (exact) mass is 295 g/mol. The molecule has 1 N–H and O–H groups in total. The average Bonchev–Trinajstić information content (AvgIpc) is 3.01. The Morgan fingerprint density at radius 1 is 0.826 bits per heavy atom. The first-order valence-electron chi connectivity index (χ1n) is 7.62. The Bertz CT molecular complexity index is 1160. The molecule has 23 heavy (non-hydrogen) atoms. The summed E-state index contributed by atoms with van der Waals surface area (Å²) in [5.41, 5.74) is 6.32. The van der Waals surface area contributed by atoms with Crippen molar-refractivity contribution in [2.24, 2.45) is 0 Å². The van der Waals surface area contributed by atoms with Gasteiger partial charge in [0.15, 0.2) is 0 Å². The van der Waals surface area contributed by atoms with Crippen LogP contribution in [0.25, 0.3) is 44.0 Å². The van der Waals surface area contributed by atoms with Crippen LogP contribution in [0.1, 0.15) is 0 Å². The van der Waals surface area contributed by atoms with Gasteiger partial charge in [-0.3, -0.25) is 4.98 Å². The van der Waals surface area contributed by atoms with Gasteiger partial charge in [-0.2, -0.15) is 0 Å². The second kappa shape index (κ2) is 4.65. The highest BCUT2D eigenvalue weighted by Crippen LogP contribution is 2.37. The van der Waals surface area contributed by atoms with Crippen LogP contribution in [0.4, 0.5) is 0 Å². The number of nitrogens with zero attached hydrogens (tertiary/aromatic N) is 2. The minimum Gasteiger partial charge on any atom is -0.358 e. The first-order chi connectivity index (χ1) is 11.4. The number of benzene rings is 3. The van der Waals surface area contributed by atoms with E-state index >= 15 is 0 Å². The van der Waals surface area contributed by atoms with Crippen LogP contribution in [0.3, 0.4) is 0 Å². The highest BCUT2D eigenvalue weighted by molar-refractivity contribution is 6.22. The standard InChI is InChI=1S/C20H13N3/c1-2-6-13(7-3-1)15-12-17-20(22-11-10-21-17)18-14-8-4-5-9-16(14)23-19(15)18/h1-12,21H. The SMILES string of the molecule is c1ccc(-c2cc3[nH]ccnc3c3c2nc2ccccc23)cc1. The van der Waals surface area contributed by atoms with E-state index < -0.39 is 0 Å². The van der Waals surface area contributed by atoms with E-state index in [1.165, 1.54) is 5.56 Å². The molecule has 0 amide bonds. The van der Waals surface area contributed by atoms with Gasteiger partial charge in [0.25, 0.3) is 0 Å². The number of para-hydroxylation sites is 1. The summed E-state index contributed by atoms with van der Waals surface area (Å²) in [7, 11) is 0. The normalized spacial score (nSPS) is 11.5. The minimum absolute atomic E-state index is 0.968. The van der Waals surface area contributed by atoms with Gasteiger partial charge in [0.05, 0.1) is 22.1 Å². The molecule has 2 heterocycles. The van der Waals surface area contributed by atoms with E-state index in [4.69, 9.17) is 4.98 Å². The largest absolute Gasteiger partial charge is 0.358 e. The summed E-state index contributed by atoms with van der Waals surface area (Å²) in [4.78, 5) is 12.8. The van der Waals surface area contributed by atoms with E-state index in [2.05, 4.69) is 58.5 Å². The number of nitrogens with one attached hydrogen (secondary N) is 1. The number of H-pyrrole nitrogens is 1. The summed E-state index contributed by atoms with van der Waals surface area (Å²) in [6.45, 7) is 0. The Balaban J connectivity index is 2.05. The average molecular weight is 295 g/mol. The third kappa shape index (κ3) is 1.77. The van der Waals surface area contributed by atoms with Crippen LogP contribution >= 0.6 is 0 Å². The number of hydrogen-bond donors (Lipinski definition) is 1. The maximum atomic E-state index is 4.89. The fraction of sp³-hybridized carbons (Fsp3) is 0. The van der Waals surface area contributed by atoms with Crippen molar-refractivity contribution in [3.63, 3.8) is 0 Å². The quantitative estimate of drug-likeness (QED) is 0.476. The van der Waals surface area contributed by atoms with Crippen molar-refractivity contribution in [1.82, 2.24) is 15.0 Å². The van der Waals surface area contributed by atoms with Gasteiger partial charge in [0.2, 0.25) is 0 Å². The van der Waals surface area contributed by atoms with E-state index in [0.717, 1.165) is 38.4 Å². The second-order valence-corrected chi connectivity index (χ2v) is 5.63. The van der Waals surface area contributed by atoms with Crippen molar-refractivity contribution in [2.45, 2.75) is 0 Å². The fourth-order valence-corrected chi connectivity index (χ4v) is 3.26. The van der Waals surface area contributed by atoms with Crippen molar-refractivity contribution in [3.05, 3.63) is 73.1 Å². The van der Waals surface area contributed by atoms with Crippen LogP contribution in [0.15, 0.2) is 73.1 Å². The number of fused-ring (bicyclic) bond motifs is 5. The van der Waals surface area contributed by atoms with Gasteiger partial charge in [0, 0.05) is 28.7 Å². The van der Waals surface area contributed by atoms with Crippen LogP contribution < -0.4 is 0 Å². The molecule has 3 nitrogen and oxygen atoms in total. The van der Waals surface area contributed by atoms with E-state index in [-0.39, 0.29) is 0 Å². The van der Waals surface area contributed by atoms with Crippen molar-refractivity contribution in [3.8, 4) is 11.1 Å². The molecule has 0 aliphatic rings. The van der Waals surface area contributed by atoms with Gasteiger partial charge in [-0.15, -0.1) is 0 Å². The summed E-state index contributed by atoms with van der Waals surface area (Å²) in [6, 6.07) is 20.8. The van der Waals surface area contributed by atoms with Crippen molar-refractivity contribution >= 4 is 32.8 Å². The Kier molecular flexibility index (Phi) is 2.50. The molecular weight excluding hydrogens is 282 g/mol. The lowest BCUT2D eigenvalue weighted by atomic mass is 10.0. The summed E-state index contributed by atoms with van der Waals surface area (Å²) in [5, 5.41) is 2.27. The van der Waals surface area contributed by atoms with Crippen LogP contribution in [-0.2, 0) is 0 Å². The predicted octanol–water partition coefficient (Wildman–Crippen LogP) is 4.93. The lowest BCUT2D eigenvalue weighted by Crippen LogP contribution is -1.87. The molecule has 3 aromatic carbocycles. The number of aromatic nitrogens is 3. The zero-order valence-electron chi connectivity index (χ0n) is 12.3. The molecule has 0 aliphatic heterocycles. The Morgan fingerprint density at radius 3 is 2.57 bits per heavy atom. The van der Waals surface area contributed by atoms with Crippen LogP contribution in [0.2, 0.25) is 0 Å².